The first-order valence-electron chi connectivity index (χ1n) is 10.3. The lowest BCUT2D eigenvalue weighted by molar-refractivity contribution is 0.0854. The summed E-state index contributed by atoms with van der Waals surface area (Å²) < 4.78 is 32.2. The highest BCUT2D eigenvalue weighted by molar-refractivity contribution is 8.24. The average Bonchev–Trinajstić information content (AvgIpc) is 3.19. The van der Waals surface area contributed by atoms with Gasteiger partial charge in [0.15, 0.2) is 5.84 Å². The number of nitrogens with two attached hydrogens (primary N) is 1. The molecule has 11 heteroatoms. The monoisotopic (exact) mass is 460 g/mol. The molecule has 1 saturated carbocycles. The highest BCUT2D eigenvalue weighted by atomic mass is 32.3. The van der Waals surface area contributed by atoms with Gasteiger partial charge < -0.3 is 20.7 Å². The van der Waals surface area contributed by atoms with Crippen molar-refractivity contribution in [2.75, 3.05) is 30.3 Å². The number of fused-ring (bicyclic) bond motifs is 1. The molecule has 6 N–H and O–H groups in total. The largest absolute Gasteiger partial charge is 0.490 e. The van der Waals surface area contributed by atoms with Crippen LogP contribution < -0.4 is 25.4 Å². The molecule has 0 saturated heterocycles. The summed E-state index contributed by atoms with van der Waals surface area (Å²) in [5.74, 6) is 0.989. The number of anilines is 2. The molecule has 10 nitrogen and oxygen atoms in total. The van der Waals surface area contributed by atoms with Gasteiger partial charge in [-0.1, -0.05) is 18.9 Å². The number of hydrogen-bond donors (Lipinski definition) is 5. The van der Waals surface area contributed by atoms with Crippen molar-refractivity contribution >= 4 is 34.2 Å². The predicted molar refractivity (Wildman–Crippen MR) is 126 cm³/mol. The van der Waals surface area contributed by atoms with Crippen molar-refractivity contribution < 1.29 is 18.6 Å². The Kier molecular flexibility index (Phi) is 5.89. The lowest BCUT2D eigenvalue weighted by atomic mass is 9.98. The Balaban J connectivity index is 1.53. The van der Waals surface area contributed by atoms with Crippen LogP contribution in [0.4, 0.5) is 11.5 Å². The van der Waals surface area contributed by atoms with Gasteiger partial charge in [0.25, 0.3) is 5.91 Å². The number of nitrogens with one attached hydrogen (secondary N) is 2. The number of hydrogen-bond acceptors (Lipinski definition) is 9. The van der Waals surface area contributed by atoms with E-state index in [0.717, 1.165) is 25.7 Å². The van der Waals surface area contributed by atoms with E-state index in [1.54, 1.807) is 36.5 Å². The van der Waals surface area contributed by atoms with Crippen molar-refractivity contribution in [3.63, 3.8) is 0 Å². The number of ether oxygens (including phenoxy) is 1. The van der Waals surface area contributed by atoms with E-state index in [9.17, 15) is 13.9 Å². The molecule has 1 aromatic heterocycles. The highest BCUT2D eigenvalue weighted by Crippen LogP contribution is 2.47. The van der Waals surface area contributed by atoms with Crippen LogP contribution in [0.3, 0.4) is 0 Å². The first-order chi connectivity index (χ1) is 15.2. The lowest BCUT2D eigenvalue weighted by Gasteiger charge is -2.34. The maximum absolute atomic E-state index is 13.0. The maximum Gasteiger partial charge on any atom is 0.252 e. The zero-order valence-corrected chi connectivity index (χ0v) is 18.9. The summed E-state index contributed by atoms with van der Waals surface area (Å²) >= 11 is 0. The fourth-order valence-corrected chi connectivity index (χ4v) is 4.92. The van der Waals surface area contributed by atoms with E-state index < -0.39 is 16.5 Å². The van der Waals surface area contributed by atoms with Crippen molar-refractivity contribution in [2.45, 2.75) is 31.2 Å². The third-order valence-corrected chi connectivity index (χ3v) is 6.61. The molecule has 172 valence electrons. The summed E-state index contributed by atoms with van der Waals surface area (Å²) in [6.07, 6.45) is 5.19. The van der Waals surface area contributed by atoms with Crippen molar-refractivity contribution in [3.05, 3.63) is 47.7 Å². The molecule has 0 spiro atoms. The molecule has 1 fully saturated rings. The molecule has 1 aromatic carbocycles. The molecule has 1 amide bonds. The summed E-state index contributed by atoms with van der Waals surface area (Å²) in [4.78, 5) is 19.1. The second kappa shape index (κ2) is 8.49. The van der Waals surface area contributed by atoms with Crippen molar-refractivity contribution in [2.24, 2.45) is 10.1 Å². The predicted octanol–water partition coefficient (Wildman–Crippen LogP) is 2.98. The fourth-order valence-electron chi connectivity index (χ4n) is 4.04. The normalized spacial score (nSPS) is 19.2. The Morgan fingerprint density at radius 3 is 2.78 bits per heavy atom. The van der Waals surface area contributed by atoms with Gasteiger partial charge in [0, 0.05) is 25.9 Å². The second-order valence-electron chi connectivity index (χ2n) is 8.30. The molecule has 2 aromatic rings. The van der Waals surface area contributed by atoms with Crippen molar-refractivity contribution in [1.82, 2.24) is 10.3 Å². The zero-order valence-electron chi connectivity index (χ0n) is 18.0. The topological polar surface area (TPSA) is 145 Å². The van der Waals surface area contributed by atoms with Crippen LogP contribution in [0.5, 0.6) is 5.75 Å². The van der Waals surface area contributed by atoms with Crippen molar-refractivity contribution in [1.29, 1.82) is 0 Å². The quantitative estimate of drug-likeness (QED) is 0.442. The minimum absolute atomic E-state index is 0.00754. The molecule has 1 aliphatic carbocycles. The summed E-state index contributed by atoms with van der Waals surface area (Å²) in [6.45, 7) is 0.254. The van der Waals surface area contributed by atoms with Crippen LogP contribution in [0.1, 0.15) is 41.6 Å². The Morgan fingerprint density at radius 2 is 2.06 bits per heavy atom. The first kappa shape index (κ1) is 22.2. The Morgan fingerprint density at radius 1 is 1.31 bits per heavy atom. The minimum Gasteiger partial charge on any atom is -0.490 e. The molecular weight excluding hydrogens is 432 g/mol. The fraction of sp³-hybridized carbons (Fsp3) is 0.381. The SMILES string of the molecule is CN(C)c1cc(C(=O)NC2(COc3cccc4c3C(N)=NS(O)(O)N4)CCCC2)ccn1. The molecule has 0 atom stereocenters. The summed E-state index contributed by atoms with van der Waals surface area (Å²) in [5.41, 5.74) is 6.92. The van der Waals surface area contributed by atoms with E-state index in [0.29, 0.717) is 28.4 Å². The first-order valence-corrected chi connectivity index (χ1v) is 11.8. The van der Waals surface area contributed by atoms with Gasteiger partial charge in [-0.25, -0.2) is 4.98 Å². The molecule has 32 heavy (non-hydrogen) atoms. The average molecular weight is 461 g/mol. The van der Waals surface area contributed by atoms with Crippen molar-refractivity contribution in [3.8, 4) is 5.75 Å². The Bertz CT molecular complexity index is 1050. The summed E-state index contributed by atoms with van der Waals surface area (Å²) in [5, 5.41) is 3.19. The highest BCUT2D eigenvalue weighted by Gasteiger charge is 2.37. The van der Waals surface area contributed by atoms with Crippen LogP contribution in [0.2, 0.25) is 0 Å². The van der Waals surface area contributed by atoms with E-state index in [2.05, 4.69) is 19.4 Å². The van der Waals surface area contributed by atoms with Gasteiger partial charge >= 0.3 is 0 Å². The van der Waals surface area contributed by atoms with Crippen LogP contribution in [0.25, 0.3) is 0 Å². The molecule has 0 bridgehead atoms. The molecule has 1 aliphatic heterocycles. The summed E-state index contributed by atoms with van der Waals surface area (Å²) in [6, 6.07) is 8.61. The molecule has 2 heterocycles. The molecular formula is C21H28N6O4S. The van der Waals surface area contributed by atoms with Gasteiger partial charge in [0.05, 0.1) is 16.8 Å². The number of benzene rings is 1. The van der Waals surface area contributed by atoms with E-state index in [-0.39, 0.29) is 18.3 Å². The molecule has 4 rings (SSSR count). The van der Waals surface area contributed by atoms with E-state index in [1.807, 2.05) is 19.0 Å². The van der Waals surface area contributed by atoms with Crippen LogP contribution in [0, 0.1) is 0 Å². The minimum atomic E-state index is -3.37. The van der Waals surface area contributed by atoms with Crippen LogP contribution in [-0.4, -0.2) is 52.1 Å². The molecule has 2 aliphatic rings. The van der Waals surface area contributed by atoms with E-state index in [1.165, 1.54) is 0 Å². The number of nitrogens with zero attached hydrogens (tertiary/aromatic N) is 3. The number of amides is 1. The van der Waals surface area contributed by atoms with Crippen LogP contribution in [0.15, 0.2) is 40.9 Å². The molecule has 0 radical (unpaired) electrons. The van der Waals surface area contributed by atoms with Gasteiger partial charge in [-0.3, -0.25) is 18.6 Å². The van der Waals surface area contributed by atoms with Gasteiger partial charge in [-0.15, -0.1) is 4.40 Å². The smallest absolute Gasteiger partial charge is 0.252 e. The number of carbonyl (C=O) groups is 1. The van der Waals surface area contributed by atoms with Crippen LogP contribution in [-0.2, 0) is 0 Å². The number of aromatic nitrogens is 1. The number of pyridine rings is 1. The van der Waals surface area contributed by atoms with E-state index >= 15 is 0 Å². The maximum atomic E-state index is 13.0. The van der Waals surface area contributed by atoms with Gasteiger partial charge in [0.1, 0.15) is 18.2 Å². The van der Waals surface area contributed by atoms with Gasteiger partial charge in [-0.2, -0.15) is 0 Å². The van der Waals surface area contributed by atoms with Crippen LogP contribution >= 0.6 is 11.0 Å². The number of amidine groups is 1. The van der Waals surface area contributed by atoms with Gasteiger partial charge in [0.2, 0.25) is 0 Å². The molecule has 0 unspecified atom stereocenters. The number of rotatable bonds is 6. The second-order valence-corrected chi connectivity index (χ2v) is 9.73. The Hall–Kier alpha value is -3.02. The van der Waals surface area contributed by atoms with Gasteiger partial charge in [-0.05, 0) is 48.1 Å². The standard InChI is InChI=1S/C21H28N6O4S/c1-27(2)17-12-14(8-11-23-17)20(28)24-21(9-3-4-10-21)13-31-16-7-5-6-15-18(16)19(22)26-32(29,30)25-15/h5-8,11-12,25,29-30H,3-4,9-10,13H2,1-2H3,(H2,22,26)(H,24,28). The number of carbonyl (C=O) groups excluding carboxylic acids is 1. The zero-order chi connectivity index (χ0) is 22.9. The Labute approximate surface area is 188 Å². The summed E-state index contributed by atoms with van der Waals surface area (Å²) in [7, 11) is 0.380. The van der Waals surface area contributed by atoms with E-state index in [4.69, 9.17) is 10.5 Å². The lowest BCUT2D eigenvalue weighted by Crippen LogP contribution is -2.50. The third kappa shape index (κ3) is 4.59. The third-order valence-electron chi connectivity index (χ3n) is 5.66.